The number of piperidine rings is 1. The molecule has 1 aromatic carbocycles. The van der Waals surface area contributed by atoms with Gasteiger partial charge in [-0.1, -0.05) is 4.99 Å². The smallest absolute Gasteiger partial charge is 0.368 e. The van der Waals surface area contributed by atoms with Crippen LogP contribution in [-0.4, -0.2) is 108 Å². The van der Waals surface area contributed by atoms with Gasteiger partial charge in [-0.15, -0.1) is 0 Å². The van der Waals surface area contributed by atoms with Crippen LogP contribution in [-0.2, 0) is 11.3 Å². The largest absolute Gasteiger partial charge is 0.493 e. The second-order valence-electron chi connectivity index (χ2n) is 13.3. The molecular formula is C35H39F2N10O6+. The molecule has 0 aliphatic carbocycles. The predicted molar refractivity (Wildman–Crippen MR) is 191 cm³/mol. The Bertz CT molecular complexity index is 1970. The molecule has 1 saturated heterocycles. The number of urea groups is 1. The molecule has 2 aromatic heterocycles. The van der Waals surface area contributed by atoms with Crippen molar-refractivity contribution in [3.05, 3.63) is 87.6 Å². The van der Waals surface area contributed by atoms with Crippen molar-refractivity contribution in [3.8, 4) is 11.5 Å². The normalized spacial score (nSPS) is 16.4. The number of rotatable bonds is 12. The van der Waals surface area contributed by atoms with Gasteiger partial charge in [0.25, 0.3) is 0 Å². The van der Waals surface area contributed by atoms with Gasteiger partial charge in [0.2, 0.25) is 11.9 Å². The lowest BCUT2D eigenvalue weighted by atomic mass is 10.0. The minimum absolute atomic E-state index is 0.122. The zero-order chi connectivity index (χ0) is 37.9. The highest BCUT2D eigenvalue weighted by atomic mass is 19.1. The monoisotopic (exact) mass is 733 g/mol. The second-order valence-corrected chi connectivity index (χ2v) is 13.3. The SMILES string of the molecule is COc1cc(OC)c(F)c(N2Cc3cnc(Nc4cccnc4)nc3N(C3CCN(C(=O)/C=C/C[N+](C)(C)CC4=C([N+](=O)[O-])N=CC4)CC3)C2=O)c1F. The van der Waals surface area contributed by atoms with Crippen LogP contribution in [0.15, 0.2) is 65.3 Å². The van der Waals surface area contributed by atoms with Gasteiger partial charge < -0.3 is 34.3 Å². The molecule has 6 rings (SSSR count). The van der Waals surface area contributed by atoms with Crippen LogP contribution in [0.5, 0.6) is 11.5 Å². The number of carbonyl (C=O) groups excluding carboxylic acids is 2. The van der Waals surface area contributed by atoms with E-state index in [1.54, 1.807) is 35.5 Å². The maximum atomic E-state index is 15.8. The van der Waals surface area contributed by atoms with Crippen LogP contribution in [0.4, 0.5) is 36.7 Å². The molecule has 3 aliphatic heterocycles. The van der Waals surface area contributed by atoms with E-state index in [0.29, 0.717) is 66.7 Å². The van der Waals surface area contributed by atoms with Crippen molar-refractivity contribution >= 4 is 41.3 Å². The van der Waals surface area contributed by atoms with Gasteiger partial charge in [0.05, 0.1) is 58.9 Å². The summed E-state index contributed by atoms with van der Waals surface area (Å²) in [5.41, 5.74) is 1.05. The Morgan fingerprint density at radius 1 is 1.15 bits per heavy atom. The zero-order valence-corrected chi connectivity index (χ0v) is 29.7. The number of anilines is 4. The average Bonchev–Trinajstić information content (AvgIpc) is 3.60. The van der Waals surface area contributed by atoms with Gasteiger partial charge in [-0.05, 0) is 36.0 Å². The molecule has 0 unspecified atom stereocenters. The molecule has 1 N–H and O–H groups in total. The summed E-state index contributed by atoms with van der Waals surface area (Å²) in [6, 6.07) is 3.37. The van der Waals surface area contributed by atoms with Crippen LogP contribution in [0.3, 0.4) is 0 Å². The molecule has 0 spiro atoms. The molecule has 16 nitrogen and oxygen atoms in total. The Morgan fingerprint density at radius 2 is 1.87 bits per heavy atom. The van der Waals surface area contributed by atoms with E-state index in [1.165, 1.54) is 37.6 Å². The van der Waals surface area contributed by atoms with Gasteiger partial charge in [-0.2, -0.15) is 4.98 Å². The number of methoxy groups -OCH3 is 2. The molecule has 3 amide bonds. The quantitative estimate of drug-likeness (QED) is 0.122. The first-order valence-electron chi connectivity index (χ1n) is 16.8. The molecule has 0 bridgehead atoms. The number of hydrogen-bond donors (Lipinski definition) is 1. The summed E-state index contributed by atoms with van der Waals surface area (Å²) in [6.07, 6.45) is 10.6. The van der Waals surface area contributed by atoms with Gasteiger partial charge in [0, 0.05) is 55.7 Å². The highest BCUT2D eigenvalue weighted by Crippen LogP contribution is 2.41. The lowest BCUT2D eigenvalue weighted by Crippen LogP contribution is -2.56. The number of amides is 3. The van der Waals surface area contributed by atoms with Crippen molar-refractivity contribution in [1.82, 2.24) is 19.9 Å². The maximum absolute atomic E-state index is 15.8. The number of nitro groups is 1. The Kier molecular flexibility index (Phi) is 10.6. The molecule has 0 saturated carbocycles. The number of likely N-dealkylation sites (tertiary alicyclic amines) is 1. The predicted octanol–water partition coefficient (Wildman–Crippen LogP) is 4.44. The third-order valence-electron chi connectivity index (χ3n) is 9.23. The average molecular weight is 734 g/mol. The number of quaternary nitrogens is 1. The molecule has 18 heteroatoms. The summed E-state index contributed by atoms with van der Waals surface area (Å²) in [6.45, 7) is 1.20. The first-order valence-corrected chi connectivity index (χ1v) is 16.8. The molecule has 5 heterocycles. The third-order valence-corrected chi connectivity index (χ3v) is 9.23. The van der Waals surface area contributed by atoms with Crippen LogP contribution in [0.2, 0.25) is 0 Å². The first kappa shape index (κ1) is 36.7. The summed E-state index contributed by atoms with van der Waals surface area (Å²) in [5, 5.41) is 14.4. The highest BCUT2D eigenvalue weighted by Gasteiger charge is 2.42. The van der Waals surface area contributed by atoms with E-state index in [-0.39, 0.29) is 41.5 Å². The number of nitrogens with one attached hydrogen (secondary N) is 1. The molecule has 3 aliphatic rings. The van der Waals surface area contributed by atoms with Crippen molar-refractivity contribution in [2.75, 3.05) is 69.6 Å². The summed E-state index contributed by atoms with van der Waals surface area (Å²) in [5.74, 6) is -2.62. The minimum Gasteiger partial charge on any atom is -0.493 e. The number of likely N-dealkylation sites (N-methyl/N-ethyl adjacent to an activating group) is 1. The van der Waals surface area contributed by atoms with Crippen molar-refractivity contribution in [3.63, 3.8) is 0 Å². The number of aliphatic imine (C=N–C) groups is 1. The fourth-order valence-corrected chi connectivity index (χ4v) is 6.62. The van der Waals surface area contributed by atoms with Gasteiger partial charge in [-0.3, -0.25) is 19.6 Å². The maximum Gasteiger partial charge on any atom is 0.368 e. The van der Waals surface area contributed by atoms with E-state index in [0.717, 1.165) is 11.0 Å². The number of hydrogen-bond acceptors (Lipinski definition) is 11. The first-order chi connectivity index (χ1) is 25.4. The highest BCUT2D eigenvalue weighted by molar-refractivity contribution is 6.06. The fraction of sp³-hybridized carbons (Fsp3) is 0.371. The van der Waals surface area contributed by atoms with Crippen molar-refractivity contribution < 1.29 is 37.2 Å². The van der Waals surface area contributed by atoms with Crippen LogP contribution >= 0.6 is 0 Å². The van der Waals surface area contributed by atoms with Crippen molar-refractivity contribution in [2.45, 2.75) is 31.8 Å². The molecule has 1 fully saturated rings. The topological polar surface area (TPSA) is 169 Å². The summed E-state index contributed by atoms with van der Waals surface area (Å²) in [7, 11) is 6.29. The number of pyridine rings is 1. The van der Waals surface area contributed by atoms with Crippen molar-refractivity contribution in [1.29, 1.82) is 0 Å². The van der Waals surface area contributed by atoms with Crippen molar-refractivity contribution in [2.24, 2.45) is 4.99 Å². The number of nitrogens with zero attached hydrogens (tertiary/aromatic N) is 9. The Morgan fingerprint density at radius 3 is 2.51 bits per heavy atom. The number of fused-ring (bicyclic) bond motifs is 1. The van der Waals surface area contributed by atoms with E-state index < -0.39 is 34.3 Å². The number of benzene rings is 1. The van der Waals surface area contributed by atoms with Gasteiger partial charge in [0.15, 0.2) is 23.1 Å². The lowest BCUT2D eigenvalue weighted by Gasteiger charge is -2.43. The zero-order valence-electron chi connectivity index (χ0n) is 29.7. The molecule has 0 atom stereocenters. The van der Waals surface area contributed by atoms with Crippen LogP contribution < -0.4 is 24.6 Å². The molecular weight excluding hydrogens is 694 g/mol. The minimum atomic E-state index is -1.07. The van der Waals surface area contributed by atoms with Crippen LogP contribution in [0.1, 0.15) is 24.8 Å². The van der Waals surface area contributed by atoms with Gasteiger partial charge in [0.1, 0.15) is 24.3 Å². The fourth-order valence-electron chi connectivity index (χ4n) is 6.62. The molecule has 3 aromatic rings. The molecule has 0 radical (unpaired) electrons. The lowest BCUT2D eigenvalue weighted by molar-refractivity contribution is -0.880. The van der Waals surface area contributed by atoms with E-state index in [4.69, 9.17) is 9.47 Å². The number of aromatic nitrogens is 3. The molecule has 278 valence electrons. The van der Waals surface area contributed by atoms with E-state index in [2.05, 4.69) is 25.3 Å². The van der Waals surface area contributed by atoms with Crippen LogP contribution in [0.25, 0.3) is 0 Å². The number of carbonyl (C=O) groups is 2. The Balaban J connectivity index is 1.22. The third kappa shape index (κ3) is 7.76. The standard InChI is InChI=1S/C35H39F2N10O6/c1-47(2,21-22-9-13-39-32(22)46(50)51)16-6-8-28(48)43-14-10-25(11-15-43)45-33-23(18-40-34(42-33)41-24-7-5-12-38-19-24)20-44(35(45)49)31-29(36)26(52-3)17-27(53-4)30(31)37/h5-8,12-13,17-19,25H,9-11,14-16,20-21H2,1-4H3,(H,40,41,42)/q+1/b8-6+. The number of halogens is 2. The van der Waals surface area contributed by atoms with Gasteiger partial charge in [-0.25, -0.2) is 18.6 Å². The van der Waals surface area contributed by atoms with E-state index in [1.807, 2.05) is 14.1 Å². The Hall–Kier alpha value is -6.04. The summed E-state index contributed by atoms with van der Waals surface area (Å²) < 4.78 is 42.2. The second kappa shape index (κ2) is 15.3. The summed E-state index contributed by atoms with van der Waals surface area (Å²) >= 11 is 0. The van der Waals surface area contributed by atoms with E-state index in [9.17, 15) is 19.7 Å². The van der Waals surface area contributed by atoms with Gasteiger partial charge >= 0.3 is 11.9 Å². The summed E-state index contributed by atoms with van der Waals surface area (Å²) in [4.78, 5) is 59.6. The van der Waals surface area contributed by atoms with E-state index >= 15 is 8.78 Å². The molecule has 53 heavy (non-hydrogen) atoms. The number of ether oxygens (including phenoxy) is 2. The Labute approximate surface area is 303 Å². The van der Waals surface area contributed by atoms with Crippen LogP contribution in [0, 0.1) is 21.7 Å².